The Balaban J connectivity index is 3.04. The van der Waals surface area contributed by atoms with Crippen LogP contribution in [0.1, 0.15) is 10.4 Å². The van der Waals surface area contributed by atoms with E-state index in [1.54, 1.807) is 18.2 Å². The Hall–Kier alpha value is -1.22. The summed E-state index contributed by atoms with van der Waals surface area (Å²) in [4.78, 5) is 11.4. The van der Waals surface area contributed by atoms with Gasteiger partial charge >= 0.3 is 5.97 Å². The van der Waals surface area contributed by atoms with E-state index in [4.69, 9.17) is 11.2 Å². The molecule has 1 aromatic carbocycles. The lowest BCUT2D eigenvalue weighted by atomic mass is 10.2. The standard InChI is InChI=1S/C11H9IO3/c1-3-6-15-10-7-8(12)4-5-9(10)11(13)14-2/h1,4-5,7H,6H2,2H3. The fraction of sp³-hybridized carbons (Fsp3) is 0.182. The van der Waals surface area contributed by atoms with Crippen molar-refractivity contribution in [3.8, 4) is 18.1 Å². The van der Waals surface area contributed by atoms with Crippen molar-refractivity contribution in [3.63, 3.8) is 0 Å². The van der Waals surface area contributed by atoms with Gasteiger partial charge in [0.2, 0.25) is 0 Å². The third-order valence-corrected chi connectivity index (χ3v) is 2.33. The molecule has 0 fully saturated rings. The lowest BCUT2D eigenvalue weighted by molar-refractivity contribution is 0.0596. The molecule has 3 nitrogen and oxygen atoms in total. The van der Waals surface area contributed by atoms with Gasteiger partial charge in [0.15, 0.2) is 0 Å². The first-order chi connectivity index (χ1) is 7.19. The Kier molecular flexibility index (Phi) is 4.43. The highest BCUT2D eigenvalue weighted by atomic mass is 127. The minimum absolute atomic E-state index is 0.129. The predicted molar refractivity (Wildman–Crippen MR) is 64.8 cm³/mol. The Labute approximate surface area is 102 Å². The van der Waals surface area contributed by atoms with Gasteiger partial charge in [-0.25, -0.2) is 4.79 Å². The van der Waals surface area contributed by atoms with E-state index in [0.29, 0.717) is 11.3 Å². The van der Waals surface area contributed by atoms with Crippen LogP contribution in [-0.4, -0.2) is 19.7 Å². The van der Waals surface area contributed by atoms with Crippen LogP contribution in [0, 0.1) is 15.9 Å². The van der Waals surface area contributed by atoms with Crippen molar-refractivity contribution in [1.82, 2.24) is 0 Å². The second-order valence-electron chi connectivity index (χ2n) is 2.62. The van der Waals surface area contributed by atoms with Crippen LogP contribution in [0.3, 0.4) is 0 Å². The molecule has 0 aliphatic carbocycles. The highest BCUT2D eigenvalue weighted by Gasteiger charge is 2.12. The maximum absolute atomic E-state index is 11.4. The van der Waals surface area contributed by atoms with Crippen LogP contribution < -0.4 is 4.74 Å². The highest BCUT2D eigenvalue weighted by molar-refractivity contribution is 14.1. The first-order valence-corrected chi connectivity index (χ1v) is 5.21. The van der Waals surface area contributed by atoms with Gasteiger partial charge in [-0.2, -0.15) is 0 Å². The second-order valence-corrected chi connectivity index (χ2v) is 3.87. The zero-order chi connectivity index (χ0) is 11.3. The summed E-state index contributed by atoms with van der Waals surface area (Å²) in [5, 5.41) is 0. The number of rotatable bonds is 3. The molecule has 15 heavy (non-hydrogen) atoms. The van der Waals surface area contributed by atoms with Crippen molar-refractivity contribution in [2.75, 3.05) is 13.7 Å². The SMILES string of the molecule is C#CCOc1cc(I)ccc1C(=O)OC. The lowest BCUT2D eigenvalue weighted by Gasteiger charge is -2.08. The van der Waals surface area contributed by atoms with Gasteiger partial charge < -0.3 is 9.47 Å². The summed E-state index contributed by atoms with van der Waals surface area (Å²) in [5.41, 5.74) is 0.383. The Morgan fingerprint density at radius 2 is 2.33 bits per heavy atom. The number of hydrogen-bond donors (Lipinski definition) is 0. The summed E-state index contributed by atoms with van der Waals surface area (Å²) in [6, 6.07) is 5.19. The Morgan fingerprint density at radius 3 is 2.93 bits per heavy atom. The van der Waals surface area contributed by atoms with Gasteiger partial charge in [-0.3, -0.25) is 0 Å². The van der Waals surface area contributed by atoms with E-state index in [-0.39, 0.29) is 6.61 Å². The molecule has 0 unspecified atom stereocenters. The highest BCUT2D eigenvalue weighted by Crippen LogP contribution is 2.22. The zero-order valence-electron chi connectivity index (χ0n) is 8.12. The first kappa shape index (κ1) is 11.9. The van der Waals surface area contributed by atoms with E-state index in [0.717, 1.165) is 3.57 Å². The monoisotopic (exact) mass is 316 g/mol. The maximum atomic E-state index is 11.4. The van der Waals surface area contributed by atoms with Crippen molar-refractivity contribution in [3.05, 3.63) is 27.3 Å². The van der Waals surface area contributed by atoms with E-state index < -0.39 is 5.97 Å². The van der Waals surface area contributed by atoms with Crippen molar-refractivity contribution in [2.45, 2.75) is 0 Å². The van der Waals surface area contributed by atoms with Crippen LogP contribution in [0.2, 0.25) is 0 Å². The van der Waals surface area contributed by atoms with Crippen molar-refractivity contribution >= 4 is 28.6 Å². The third kappa shape index (κ3) is 3.13. The van der Waals surface area contributed by atoms with Gasteiger partial charge in [-0.05, 0) is 40.8 Å². The van der Waals surface area contributed by atoms with Gasteiger partial charge in [0.05, 0.1) is 7.11 Å². The topological polar surface area (TPSA) is 35.5 Å². The first-order valence-electron chi connectivity index (χ1n) is 4.13. The normalized spacial score (nSPS) is 9.13. The number of benzene rings is 1. The molecular weight excluding hydrogens is 307 g/mol. The third-order valence-electron chi connectivity index (χ3n) is 1.66. The van der Waals surface area contributed by atoms with Gasteiger partial charge in [0, 0.05) is 3.57 Å². The molecule has 0 atom stereocenters. The van der Waals surface area contributed by atoms with Crippen molar-refractivity contribution in [1.29, 1.82) is 0 Å². The smallest absolute Gasteiger partial charge is 0.341 e. The second kappa shape index (κ2) is 5.61. The number of esters is 1. The molecule has 1 aromatic rings. The molecule has 0 aliphatic heterocycles. The van der Waals surface area contributed by atoms with Gasteiger partial charge in [-0.1, -0.05) is 5.92 Å². The summed E-state index contributed by atoms with van der Waals surface area (Å²) in [7, 11) is 1.32. The number of carbonyl (C=O) groups excluding carboxylic acids is 1. The lowest BCUT2D eigenvalue weighted by Crippen LogP contribution is -2.06. The molecule has 1 rings (SSSR count). The minimum Gasteiger partial charge on any atom is -0.480 e. The van der Waals surface area contributed by atoms with E-state index in [1.807, 2.05) is 0 Å². The molecule has 0 aliphatic rings. The molecule has 0 N–H and O–H groups in total. The number of methoxy groups -OCH3 is 1. The molecule has 0 bridgehead atoms. The molecule has 0 saturated heterocycles. The van der Waals surface area contributed by atoms with Crippen molar-refractivity contribution < 1.29 is 14.3 Å². The molecule has 0 heterocycles. The van der Waals surface area contributed by atoms with E-state index >= 15 is 0 Å². The molecule has 0 aromatic heterocycles. The molecule has 0 radical (unpaired) electrons. The fourth-order valence-electron chi connectivity index (χ4n) is 1.01. The molecule has 78 valence electrons. The van der Waals surface area contributed by atoms with Crippen LogP contribution in [0.25, 0.3) is 0 Å². The summed E-state index contributed by atoms with van der Waals surface area (Å²) in [6.45, 7) is 0.129. The Bertz CT molecular complexity index is 407. The van der Waals surface area contributed by atoms with Gasteiger partial charge in [-0.15, -0.1) is 6.42 Å². The maximum Gasteiger partial charge on any atom is 0.341 e. The van der Waals surface area contributed by atoms with E-state index in [9.17, 15) is 4.79 Å². The zero-order valence-corrected chi connectivity index (χ0v) is 10.3. The molecular formula is C11H9IO3. The van der Waals surface area contributed by atoms with Crippen LogP contribution in [0.15, 0.2) is 18.2 Å². The molecule has 0 saturated carbocycles. The predicted octanol–water partition coefficient (Wildman–Crippen LogP) is 2.09. The summed E-state index contributed by atoms with van der Waals surface area (Å²) < 4.78 is 10.8. The van der Waals surface area contributed by atoms with E-state index in [2.05, 4.69) is 33.2 Å². The average molecular weight is 316 g/mol. The number of hydrogen-bond acceptors (Lipinski definition) is 3. The van der Waals surface area contributed by atoms with Crippen molar-refractivity contribution in [2.24, 2.45) is 0 Å². The van der Waals surface area contributed by atoms with Crippen LogP contribution in [0.4, 0.5) is 0 Å². The largest absolute Gasteiger partial charge is 0.480 e. The van der Waals surface area contributed by atoms with Gasteiger partial charge in [0.1, 0.15) is 17.9 Å². The van der Waals surface area contributed by atoms with E-state index in [1.165, 1.54) is 7.11 Å². The summed E-state index contributed by atoms with van der Waals surface area (Å²) in [6.07, 6.45) is 5.08. The molecule has 0 amide bonds. The summed E-state index contributed by atoms with van der Waals surface area (Å²) in [5.74, 6) is 2.36. The summed E-state index contributed by atoms with van der Waals surface area (Å²) >= 11 is 2.13. The average Bonchev–Trinajstić information content (AvgIpc) is 2.25. The van der Waals surface area contributed by atoms with Crippen LogP contribution in [-0.2, 0) is 4.74 Å². The quantitative estimate of drug-likeness (QED) is 0.487. The fourth-order valence-corrected chi connectivity index (χ4v) is 1.48. The van der Waals surface area contributed by atoms with Gasteiger partial charge in [0.25, 0.3) is 0 Å². The molecule has 4 heteroatoms. The number of halogens is 1. The molecule has 0 spiro atoms. The number of carbonyl (C=O) groups is 1. The van der Waals surface area contributed by atoms with Crippen LogP contribution in [0.5, 0.6) is 5.75 Å². The minimum atomic E-state index is -0.432. The number of terminal acetylenes is 1. The Morgan fingerprint density at radius 1 is 1.60 bits per heavy atom. The van der Waals surface area contributed by atoms with Crippen LogP contribution >= 0.6 is 22.6 Å². The number of ether oxygens (including phenoxy) is 2.